The topological polar surface area (TPSA) is 71.4 Å². The summed E-state index contributed by atoms with van der Waals surface area (Å²) in [5.41, 5.74) is 2.23. The van der Waals surface area contributed by atoms with Crippen LogP contribution in [0.4, 0.5) is 0 Å². The van der Waals surface area contributed by atoms with E-state index in [2.05, 4.69) is 5.10 Å². The number of nitrogens with zero attached hydrogens (tertiary/aromatic N) is 2. The van der Waals surface area contributed by atoms with Crippen LogP contribution in [0.15, 0.2) is 47.6 Å². The fourth-order valence-corrected chi connectivity index (χ4v) is 2.96. The average Bonchev–Trinajstić information content (AvgIpc) is 3.07. The summed E-state index contributed by atoms with van der Waals surface area (Å²) in [5, 5.41) is 16.1. The number of rotatable bonds is 4. The molecule has 1 amide bonds. The Kier molecular flexibility index (Phi) is 4.61. The molecule has 0 fully saturated rings. The number of hydrogen-bond acceptors (Lipinski definition) is 5. The Labute approximate surface area is 146 Å². The Bertz CT molecular complexity index is 810. The van der Waals surface area contributed by atoms with Gasteiger partial charge in [-0.15, -0.1) is 0 Å². The summed E-state index contributed by atoms with van der Waals surface area (Å²) < 4.78 is 10.6. The summed E-state index contributed by atoms with van der Waals surface area (Å²) in [7, 11) is 3.17. The van der Waals surface area contributed by atoms with Gasteiger partial charge in [-0.25, -0.2) is 5.01 Å². The molecule has 3 rings (SSSR count). The highest BCUT2D eigenvalue weighted by Crippen LogP contribution is 2.37. The quantitative estimate of drug-likeness (QED) is 0.928. The van der Waals surface area contributed by atoms with Crippen LogP contribution in [0.2, 0.25) is 0 Å². The number of methoxy groups -OCH3 is 2. The molecule has 1 aliphatic heterocycles. The van der Waals surface area contributed by atoms with Gasteiger partial charge in [0, 0.05) is 30.5 Å². The van der Waals surface area contributed by atoms with Crippen molar-refractivity contribution in [2.75, 3.05) is 14.2 Å². The molecule has 2 aromatic carbocycles. The summed E-state index contributed by atoms with van der Waals surface area (Å²) in [6, 6.07) is 12.1. The van der Waals surface area contributed by atoms with Crippen LogP contribution >= 0.6 is 0 Å². The molecule has 1 atom stereocenters. The molecule has 25 heavy (non-hydrogen) atoms. The Morgan fingerprint density at radius 3 is 2.36 bits per heavy atom. The predicted octanol–water partition coefficient (Wildman–Crippen LogP) is 3.11. The molecule has 2 aromatic rings. The molecule has 0 saturated heterocycles. The van der Waals surface area contributed by atoms with Crippen LogP contribution in [0.5, 0.6) is 17.2 Å². The molecule has 1 aliphatic rings. The number of carbonyl (C=O) groups excluding carboxylic acids is 1. The number of hydrogen-bond donors (Lipinski definition) is 1. The predicted molar refractivity (Wildman–Crippen MR) is 94.1 cm³/mol. The highest BCUT2D eigenvalue weighted by Gasteiger charge is 2.33. The van der Waals surface area contributed by atoms with E-state index in [-0.39, 0.29) is 17.7 Å². The van der Waals surface area contributed by atoms with Crippen molar-refractivity contribution in [1.82, 2.24) is 5.01 Å². The molecule has 1 N–H and O–H groups in total. The maximum atomic E-state index is 12.1. The molecule has 0 bridgehead atoms. The minimum atomic E-state index is -0.342. The lowest BCUT2D eigenvalue weighted by Gasteiger charge is -2.21. The van der Waals surface area contributed by atoms with E-state index >= 15 is 0 Å². The summed E-state index contributed by atoms with van der Waals surface area (Å²) in [5.74, 6) is 1.27. The Morgan fingerprint density at radius 2 is 1.80 bits per heavy atom. The van der Waals surface area contributed by atoms with Gasteiger partial charge < -0.3 is 14.6 Å². The van der Waals surface area contributed by atoms with Crippen LogP contribution in [-0.2, 0) is 4.79 Å². The van der Waals surface area contributed by atoms with Crippen molar-refractivity contribution in [3.63, 3.8) is 0 Å². The lowest BCUT2D eigenvalue weighted by molar-refractivity contribution is -0.130. The van der Waals surface area contributed by atoms with Crippen molar-refractivity contribution in [3.05, 3.63) is 53.6 Å². The van der Waals surface area contributed by atoms with E-state index in [4.69, 9.17) is 9.47 Å². The molecule has 6 heteroatoms. The van der Waals surface area contributed by atoms with Gasteiger partial charge in [0.1, 0.15) is 17.2 Å². The zero-order chi connectivity index (χ0) is 18.0. The van der Waals surface area contributed by atoms with Gasteiger partial charge in [-0.1, -0.05) is 18.2 Å². The second-order valence-corrected chi connectivity index (χ2v) is 5.79. The largest absolute Gasteiger partial charge is 0.508 e. The summed E-state index contributed by atoms with van der Waals surface area (Å²) in [6.07, 6.45) is 0.494. The number of amides is 1. The summed E-state index contributed by atoms with van der Waals surface area (Å²) in [4.78, 5) is 12.1. The Hall–Kier alpha value is -3.02. The summed E-state index contributed by atoms with van der Waals surface area (Å²) >= 11 is 0. The Balaban J connectivity index is 2.00. The minimum absolute atomic E-state index is 0.151. The SMILES string of the molecule is COc1cc(OC)cc(C2=NN(C(C)=O)[C@@H](c3ccccc3O)C2)c1. The molecular weight excluding hydrogens is 320 g/mol. The van der Waals surface area contributed by atoms with Gasteiger partial charge in [0.05, 0.1) is 26.0 Å². The van der Waals surface area contributed by atoms with Gasteiger partial charge in [-0.3, -0.25) is 4.79 Å². The molecule has 0 aliphatic carbocycles. The zero-order valence-corrected chi connectivity index (χ0v) is 14.4. The first-order valence-corrected chi connectivity index (χ1v) is 7.92. The lowest BCUT2D eigenvalue weighted by atomic mass is 9.97. The van der Waals surface area contributed by atoms with E-state index in [1.165, 1.54) is 11.9 Å². The van der Waals surface area contributed by atoms with Crippen molar-refractivity contribution in [1.29, 1.82) is 0 Å². The van der Waals surface area contributed by atoms with Gasteiger partial charge in [-0.05, 0) is 18.2 Å². The van der Waals surface area contributed by atoms with E-state index in [1.807, 2.05) is 18.2 Å². The van der Waals surface area contributed by atoms with E-state index in [9.17, 15) is 9.90 Å². The van der Waals surface area contributed by atoms with Crippen molar-refractivity contribution in [2.24, 2.45) is 5.10 Å². The van der Waals surface area contributed by atoms with Crippen LogP contribution < -0.4 is 9.47 Å². The molecule has 130 valence electrons. The Morgan fingerprint density at radius 1 is 1.16 bits per heavy atom. The first-order chi connectivity index (χ1) is 12.0. The number of hydrazone groups is 1. The molecule has 0 radical (unpaired) electrons. The highest BCUT2D eigenvalue weighted by molar-refractivity contribution is 6.03. The van der Waals surface area contributed by atoms with Crippen molar-refractivity contribution < 1.29 is 19.4 Å². The smallest absolute Gasteiger partial charge is 0.240 e. The minimum Gasteiger partial charge on any atom is -0.508 e. The first-order valence-electron chi connectivity index (χ1n) is 7.92. The zero-order valence-electron chi connectivity index (χ0n) is 14.4. The number of aromatic hydroxyl groups is 1. The van der Waals surface area contributed by atoms with Crippen LogP contribution in [0.1, 0.15) is 30.5 Å². The second kappa shape index (κ2) is 6.84. The van der Waals surface area contributed by atoms with Crippen LogP contribution in [-0.4, -0.2) is 36.0 Å². The van der Waals surface area contributed by atoms with E-state index < -0.39 is 0 Å². The number of carbonyl (C=O) groups is 1. The van der Waals surface area contributed by atoms with Crippen molar-refractivity contribution in [2.45, 2.75) is 19.4 Å². The standard InChI is InChI=1S/C19H20N2O4/c1-12(22)21-18(16-6-4-5-7-19(16)23)11-17(20-21)13-8-14(24-2)10-15(9-13)25-3/h4-10,18,23H,11H2,1-3H3/t18-/m1/s1. The molecule has 1 heterocycles. The average molecular weight is 340 g/mol. The van der Waals surface area contributed by atoms with Crippen LogP contribution in [0.25, 0.3) is 0 Å². The molecule has 6 nitrogen and oxygen atoms in total. The van der Waals surface area contributed by atoms with E-state index in [0.29, 0.717) is 23.5 Å². The molecule has 0 spiro atoms. The van der Waals surface area contributed by atoms with Crippen molar-refractivity contribution >= 4 is 11.6 Å². The fraction of sp³-hybridized carbons (Fsp3) is 0.263. The monoisotopic (exact) mass is 340 g/mol. The van der Waals surface area contributed by atoms with E-state index in [1.54, 1.807) is 38.5 Å². The number of para-hydroxylation sites is 1. The van der Waals surface area contributed by atoms with Gasteiger partial charge in [-0.2, -0.15) is 5.10 Å². The lowest BCUT2D eigenvalue weighted by Crippen LogP contribution is -2.24. The third-order valence-electron chi connectivity index (χ3n) is 4.21. The van der Waals surface area contributed by atoms with Crippen LogP contribution in [0, 0.1) is 0 Å². The molecule has 0 aromatic heterocycles. The highest BCUT2D eigenvalue weighted by atomic mass is 16.5. The van der Waals surface area contributed by atoms with Gasteiger partial charge in [0.15, 0.2) is 0 Å². The number of phenolic OH excluding ortho intramolecular Hbond substituents is 1. The van der Waals surface area contributed by atoms with Crippen molar-refractivity contribution in [3.8, 4) is 17.2 Å². The normalized spacial score (nSPS) is 16.5. The number of phenols is 1. The van der Waals surface area contributed by atoms with Gasteiger partial charge in [0.2, 0.25) is 5.91 Å². The maximum Gasteiger partial charge on any atom is 0.240 e. The van der Waals surface area contributed by atoms with E-state index in [0.717, 1.165) is 11.3 Å². The maximum absolute atomic E-state index is 12.1. The summed E-state index contributed by atoms with van der Waals surface area (Å²) in [6.45, 7) is 1.46. The number of benzene rings is 2. The number of ether oxygens (including phenoxy) is 2. The fourth-order valence-electron chi connectivity index (χ4n) is 2.96. The second-order valence-electron chi connectivity index (χ2n) is 5.79. The van der Waals surface area contributed by atoms with Crippen LogP contribution in [0.3, 0.4) is 0 Å². The third-order valence-corrected chi connectivity index (χ3v) is 4.21. The first kappa shape index (κ1) is 16.8. The molecule has 0 saturated carbocycles. The third kappa shape index (κ3) is 3.28. The molecule has 0 unspecified atom stereocenters. The van der Waals surface area contributed by atoms with Gasteiger partial charge in [0.25, 0.3) is 0 Å². The molecular formula is C19H20N2O4. The van der Waals surface area contributed by atoms with Gasteiger partial charge >= 0.3 is 0 Å².